The van der Waals surface area contributed by atoms with Gasteiger partial charge in [0, 0.05) is 31.3 Å². The lowest BCUT2D eigenvalue weighted by molar-refractivity contribution is 0.0874. The van der Waals surface area contributed by atoms with Crippen LogP contribution in [0.4, 0.5) is 0 Å². The zero-order valence-electron chi connectivity index (χ0n) is 13.0. The fourth-order valence-corrected chi connectivity index (χ4v) is 3.35. The van der Waals surface area contributed by atoms with Gasteiger partial charge in [0.2, 0.25) is 0 Å². The van der Waals surface area contributed by atoms with Gasteiger partial charge in [0.05, 0.1) is 35.6 Å². The smallest absolute Gasteiger partial charge is 0.255 e. The van der Waals surface area contributed by atoms with Gasteiger partial charge in [0.25, 0.3) is 5.91 Å². The Kier molecular flexibility index (Phi) is 3.73. The Morgan fingerprint density at radius 1 is 1.25 bits per heavy atom. The summed E-state index contributed by atoms with van der Waals surface area (Å²) >= 11 is 0. The highest BCUT2D eigenvalue weighted by Gasteiger charge is 2.34. The van der Waals surface area contributed by atoms with E-state index in [1.165, 1.54) is 6.20 Å². The molecule has 1 aliphatic rings. The fraction of sp³-hybridized carbons (Fsp3) is 0.375. The second kappa shape index (κ2) is 6.04. The third-order valence-corrected chi connectivity index (χ3v) is 4.52. The number of nitrogens with one attached hydrogen (secondary N) is 1. The number of aliphatic hydroxyl groups excluding tert-OH is 1. The summed E-state index contributed by atoms with van der Waals surface area (Å²) in [6.45, 7) is 0.747. The summed E-state index contributed by atoms with van der Waals surface area (Å²) in [5.74, 6) is 0.0533. The molecule has 2 N–H and O–H groups in total. The van der Waals surface area contributed by atoms with E-state index in [4.69, 9.17) is 0 Å². The molecule has 8 nitrogen and oxygen atoms in total. The van der Waals surface area contributed by atoms with Crippen molar-refractivity contribution in [2.45, 2.75) is 31.5 Å². The van der Waals surface area contributed by atoms with Gasteiger partial charge >= 0.3 is 0 Å². The SMILES string of the molecule is O=C(N[C@@H]1CC(Cn2cccn2)C[C@H]1O)c1cnn2ccncc12. The van der Waals surface area contributed by atoms with Crippen molar-refractivity contribution in [1.82, 2.24) is 29.7 Å². The van der Waals surface area contributed by atoms with Crippen LogP contribution in [0.2, 0.25) is 0 Å². The first-order chi connectivity index (χ1) is 11.7. The van der Waals surface area contributed by atoms with E-state index in [9.17, 15) is 9.90 Å². The van der Waals surface area contributed by atoms with E-state index in [1.54, 1.807) is 29.3 Å². The summed E-state index contributed by atoms with van der Waals surface area (Å²) < 4.78 is 3.46. The maximum absolute atomic E-state index is 12.5. The first-order valence-corrected chi connectivity index (χ1v) is 7.94. The summed E-state index contributed by atoms with van der Waals surface area (Å²) in [7, 11) is 0. The molecule has 8 heteroatoms. The van der Waals surface area contributed by atoms with E-state index < -0.39 is 6.10 Å². The molecule has 1 fully saturated rings. The largest absolute Gasteiger partial charge is 0.391 e. The number of hydrogen-bond donors (Lipinski definition) is 2. The number of carbonyl (C=O) groups is 1. The van der Waals surface area contributed by atoms with Gasteiger partial charge in [-0.1, -0.05) is 0 Å². The van der Waals surface area contributed by atoms with Crippen LogP contribution in [0, 0.1) is 5.92 Å². The lowest BCUT2D eigenvalue weighted by Gasteiger charge is -2.16. The fourth-order valence-electron chi connectivity index (χ4n) is 3.35. The second-order valence-corrected chi connectivity index (χ2v) is 6.18. The monoisotopic (exact) mass is 326 g/mol. The van der Waals surface area contributed by atoms with Crippen LogP contribution < -0.4 is 5.32 Å². The van der Waals surface area contributed by atoms with Gasteiger partial charge in [-0.3, -0.25) is 14.5 Å². The predicted molar refractivity (Wildman–Crippen MR) is 85.2 cm³/mol. The maximum atomic E-state index is 12.5. The molecule has 3 aromatic heterocycles. The summed E-state index contributed by atoms with van der Waals surface area (Å²) in [5.41, 5.74) is 1.11. The molecule has 4 rings (SSSR count). The standard InChI is InChI=1S/C16H18N6O2/c23-15-7-11(10-21-4-1-2-18-21)6-13(15)20-16(24)12-8-19-22-5-3-17-9-14(12)22/h1-5,8-9,11,13,15,23H,6-7,10H2,(H,20,24)/t11?,13-,15-/m1/s1. The molecular weight excluding hydrogens is 308 g/mol. The molecule has 1 unspecified atom stereocenters. The summed E-state index contributed by atoms with van der Waals surface area (Å²) in [6, 6.07) is 1.62. The average molecular weight is 326 g/mol. The minimum atomic E-state index is -0.547. The highest BCUT2D eigenvalue weighted by atomic mass is 16.3. The Hall–Kier alpha value is -2.74. The van der Waals surface area contributed by atoms with Gasteiger partial charge in [0.15, 0.2) is 0 Å². The number of amides is 1. The molecule has 3 heterocycles. The van der Waals surface area contributed by atoms with Crippen LogP contribution in [-0.2, 0) is 6.54 Å². The normalized spacial score (nSPS) is 23.6. The first kappa shape index (κ1) is 14.8. The molecule has 3 aromatic rings. The van der Waals surface area contributed by atoms with Crippen molar-refractivity contribution in [2.75, 3.05) is 0 Å². The number of hydrogen-bond acceptors (Lipinski definition) is 5. The minimum Gasteiger partial charge on any atom is -0.391 e. The third kappa shape index (κ3) is 2.76. The van der Waals surface area contributed by atoms with Crippen molar-refractivity contribution in [3.05, 3.63) is 48.8 Å². The predicted octanol–water partition coefficient (Wildman–Crippen LogP) is 0.495. The van der Waals surface area contributed by atoms with Crippen molar-refractivity contribution in [2.24, 2.45) is 5.92 Å². The Morgan fingerprint density at radius 2 is 2.17 bits per heavy atom. The highest BCUT2D eigenvalue weighted by Crippen LogP contribution is 2.27. The topological polar surface area (TPSA) is 97.3 Å². The number of fused-ring (bicyclic) bond motifs is 1. The zero-order chi connectivity index (χ0) is 16.5. The Balaban J connectivity index is 1.44. The molecule has 0 aliphatic heterocycles. The van der Waals surface area contributed by atoms with E-state index in [-0.39, 0.29) is 17.9 Å². The van der Waals surface area contributed by atoms with Gasteiger partial charge in [-0.2, -0.15) is 10.2 Å². The molecule has 1 amide bonds. The van der Waals surface area contributed by atoms with E-state index in [2.05, 4.69) is 20.5 Å². The first-order valence-electron chi connectivity index (χ1n) is 7.94. The molecule has 0 radical (unpaired) electrons. The maximum Gasteiger partial charge on any atom is 0.255 e. The van der Waals surface area contributed by atoms with Crippen LogP contribution in [0.3, 0.4) is 0 Å². The van der Waals surface area contributed by atoms with E-state index >= 15 is 0 Å². The number of aromatic nitrogens is 5. The van der Waals surface area contributed by atoms with Crippen molar-refractivity contribution >= 4 is 11.4 Å². The van der Waals surface area contributed by atoms with Crippen molar-refractivity contribution < 1.29 is 9.90 Å². The lowest BCUT2D eigenvalue weighted by Crippen LogP contribution is -2.39. The highest BCUT2D eigenvalue weighted by molar-refractivity contribution is 6.00. The van der Waals surface area contributed by atoms with Crippen LogP contribution in [0.5, 0.6) is 0 Å². The minimum absolute atomic E-state index is 0.234. The van der Waals surface area contributed by atoms with Crippen LogP contribution in [0.25, 0.3) is 5.52 Å². The summed E-state index contributed by atoms with van der Waals surface area (Å²) in [6.07, 6.45) is 10.9. The quantitative estimate of drug-likeness (QED) is 0.727. The van der Waals surface area contributed by atoms with E-state index in [0.717, 1.165) is 13.0 Å². The van der Waals surface area contributed by atoms with Crippen LogP contribution in [0.1, 0.15) is 23.2 Å². The molecule has 0 bridgehead atoms. The van der Waals surface area contributed by atoms with Crippen LogP contribution in [0.15, 0.2) is 43.2 Å². The van der Waals surface area contributed by atoms with Gasteiger partial charge in [-0.05, 0) is 24.8 Å². The van der Waals surface area contributed by atoms with Crippen LogP contribution in [-0.4, -0.2) is 47.5 Å². The Morgan fingerprint density at radius 3 is 3.00 bits per heavy atom. The van der Waals surface area contributed by atoms with Crippen molar-refractivity contribution in [3.63, 3.8) is 0 Å². The van der Waals surface area contributed by atoms with Crippen molar-refractivity contribution in [1.29, 1.82) is 0 Å². The molecule has 1 aliphatic carbocycles. The second-order valence-electron chi connectivity index (χ2n) is 6.18. The molecule has 3 atom stereocenters. The van der Waals surface area contributed by atoms with Gasteiger partial charge in [0.1, 0.15) is 0 Å². The number of rotatable bonds is 4. The summed E-state index contributed by atoms with van der Waals surface area (Å²) in [4.78, 5) is 16.6. The third-order valence-electron chi connectivity index (χ3n) is 4.52. The van der Waals surface area contributed by atoms with E-state index in [1.807, 2.05) is 16.9 Å². The lowest BCUT2D eigenvalue weighted by atomic mass is 10.1. The Labute approximate surface area is 138 Å². The molecule has 24 heavy (non-hydrogen) atoms. The number of carbonyl (C=O) groups excluding carboxylic acids is 1. The Bertz CT molecular complexity index is 843. The van der Waals surface area contributed by atoms with Crippen LogP contribution >= 0.6 is 0 Å². The molecule has 0 saturated heterocycles. The molecule has 0 aromatic carbocycles. The number of aliphatic hydroxyl groups is 1. The molecule has 1 saturated carbocycles. The molecular formula is C16H18N6O2. The number of nitrogens with zero attached hydrogens (tertiary/aromatic N) is 5. The zero-order valence-corrected chi connectivity index (χ0v) is 13.0. The van der Waals surface area contributed by atoms with Gasteiger partial charge in [-0.15, -0.1) is 0 Å². The van der Waals surface area contributed by atoms with Crippen molar-refractivity contribution in [3.8, 4) is 0 Å². The van der Waals surface area contributed by atoms with Gasteiger partial charge in [-0.25, -0.2) is 4.52 Å². The van der Waals surface area contributed by atoms with E-state index in [0.29, 0.717) is 17.5 Å². The van der Waals surface area contributed by atoms with Gasteiger partial charge < -0.3 is 10.4 Å². The summed E-state index contributed by atoms with van der Waals surface area (Å²) in [5, 5.41) is 21.5. The molecule has 124 valence electrons. The molecule has 0 spiro atoms. The average Bonchev–Trinajstić information content (AvgIpc) is 3.29.